The van der Waals surface area contributed by atoms with Crippen LogP contribution in [0.15, 0.2) is 65.2 Å². The Morgan fingerprint density at radius 1 is 0.556 bits per heavy atom. The van der Waals surface area contributed by atoms with E-state index in [1.807, 2.05) is 39.8 Å². The van der Waals surface area contributed by atoms with E-state index >= 15 is 0 Å². The summed E-state index contributed by atoms with van der Waals surface area (Å²) >= 11 is 0. The van der Waals surface area contributed by atoms with E-state index in [0.717, 1.165) is 22.6 Å². The Balaban J connectivity index is 1.47. The molecule has 0 fully saturated rings. The van der Waals surface area contributed by atoms with Crippen molar-refractivity contribution in [2.75, 3.05) is 14.1 Å². The molecular formula is C28H24N2O6. The fourth-order valence-electron chi connectivity index (χ4n) is 5.05. The molecule has 8 heteroatoms. The molecule has 4 aromatic rings. The first-order valence-corrected chi connectivity index (χ1v) is 11.6. The molecule has 8 nitrogen and oxygen atoms in total. The van der Waals surface area contributed by atoms with Crippen LogP contribution < -0.4 is 0 Å². The predicted molar refractivity (Wildman–Crippen MR) is 131 cm³/mol. The Morgan fingerprint density at radius 2 is 0.917 bits per heavy atom. The summed E-state index contributed by atoms with van der Waals surface area (Å²) in [6.07, 6.45) is 0. The number of hydrogen-bond acceptors (Lipinski definition) is 6. The average molecular weight is 485 g/mol. The van der Waals surface area contributed by atoms with E-state index in [1.165, 1.54) is 9.80 Å². The Morgan fingerprint density at radius 3 is 1.25 bits per heavy atom. The minimum Gasteiger partial charge on any atom is -0.458 e. The van der Waals surface area contributed by atoms with Gasteiger partial charge < -0.3 is 27.5 Å². The van der Waals surface area contributed by atoms with Crippen molar-refractivity contribution >= 4 is 23.2 Å². The molecule has 0 unspecified atom stereocenters. The zero-order chi connectivity index (χ0) is 25.5. The number of fused-ring (bicyclic) bond motifs is 1. The molecule has 0 atom stereocenters. The van der Waals surface area contributed by atoms with Gasteiger partial charge in [-0.05, 0) is 75.2 Å². The Hall–Kier alpha value is -4.46. The summed E-state index contributed by atoms with van der Waals surface area (Å²) in [4.78, 5) is 29.8. The van der Waals surface area contributed by atoms with Gasteiger partial charge in [-0.2, -0.15) is 0 Å². The highest BCUT2D eigenvalue weighted by molar-refractivity contribution is 6.29. The third-order valence-electron chi connectivity index (χ3n) is 6.64. The summed E-state index contributed by atoms with van der Waals surface area (Å²) in [5, 5.41) is 0. The normalized spacial score (nSPS) is 15.8. The molecule has 0 bridgehead atoms. The van der Waals surface area contributed by atoms with Crippen molar-refractivity contribution in [3.8, 4) is 23.0 Å². The van der Waals surface area contributed by atoms with E-state index in [0.29, 0.717) is 46.0 Å². The second kappa shape index (κ2) is 7.52. The summed E-state index contributed by atoms with van der Waals surface area (Å²) < 4.78 is 23.8. The number of amides is 2. The van der Waals surface area contributed by atoms with Crippen molar-refractivity contribution in [3.63, 3.8) is 0 Å². The maximum absolute atomic E-state index is 13.4. The number of carbonyl (C=O) groups excluding carboxylic acids is 2. The molecule has 4 aromatic heterocycles. The molecule has 0 N–H and O–H groups in total. The maximum atomic E-state index is 13.4. The van der Waals surface area contributed by atoms with E-state index in [2.05, 4.69) is 0 Å². The maximum Gasteiger partial charge on any atom is 0.261 e. The average Bonchev–Trinajstić information content (AvgIpc) is 3.65. The van der Waals surface area contributed by atoms with E-state index in [1.54, 1.807) is 38.4 Å². The Kier molecular flexibility index (Phi) is 4.60. The SMILES string of the molecule is Cc1cc(C)c(-c2ccc(C3=C4C(=O)N(C)C(c5ccc(-c6oc(C)cc6C)o5)=C4C(=O)N3C)o2)o1. The summed E-state index contributed by atoms with van der Waals surface area (Å²) in [6, 6.07) is 10.9. The van der Waals surface area contributed by atoms with Gasteiger partial charge in [-0.15, -0.1) is 0 Å². The van der Waals surface area contributed by atoms with Crippen molar-refractivity contribution in [2.24, 2.45) is 0 Å². The summed E-state index contributed by atoms with van der Waals surface area (Å²) in [5.74, 6) is 4.04. The van der Waals surface area contributed by atoms with Gasteiger partial charge in [0.2, 0.25) is 0 Å². The lowest BCUT2D eigenvalue weighted by atomic mass is 10.1. The number of likely N-dealkylation sites (N-methyl/N-ethyl adjacent to an activating group) is 2. The van der Waals surface area contributed by atoms with Crippen molar-refractivity contribution in [2.45, 2.75) is 27.7 Å². The van der Waals surface area contributed by atoms with Crippen LogP contribution in [0.5, 0.6) is 0 Å². The highest BCUT2D eigenvalue weighted by atomic mass is 16.4. The van der Waals surface area contributed by atoms with Crippen LogP contribution in [-0.4, -0.2) is 35.7 Å². The lowest BCUT2D eigenvalue weighted by Gasteiger charge is -2.17. The molecule has 2 amide bonds. The van der Waals surface area contributed by atoms with E-state index in [9.17, 15) is 9.59 Å². The Bertz CT molecular complexity index is 1530. The zero-order valence-corrected chi connectivity index (χ0v) is 20.8. The molecule has 36 heavy (non-hydrogen) atoms. The fourth-order valence-corrected chi connectivity index (χ4v) is 5.05. The van der Waals surface area contributed by atoms with Crippen LogP contribution in [0.25, 0.3) is 34.4 Å². The smallest absolute Gasteiger partial charge is 0.261 e. The molecule has 6 heterocycles. The second-order valence-corrected chi connectivity index (χ2v) is 9.24. The van der Waals surface area contributed by atoms with E-state index in [-0.39, 0.29) is 23.0 Å². The van der Waals surface area contributed by atoms with Crippen LogP contribution >= 0.6 is 0 Å². The molecule has 6 rings (SSSR count). The molecule has 0 saturated heterocycles. The lowest BCUT2D eigenvalue weighted by Crippen LogP contribution is -2.25. The van der Waals surface area contributed by atoms with Gasteiger partial charge in [-0.25, -0.2) is 0 Å². The highest BCUT2D eigenvalue weighted by Crippen LogP contribution is 2.47. The molecule has 2 aliphatic rings. The van der Waals surface area contributed by atoms with Gasteiger partial charge in [0.05, 0.1) is 11.1 Å². The first-order valence-electron chi connectivity index (χ1n) is 11.6. The first-order chi connectivity index (χ1) is 17.2. The predicted octanol–water partition coefficient (Wildman–Crippen LogP) is 5.69. The van der Waals surface area contributed by atoms with Crippen LogP contribution in [0.1, 0.15) is 34.2 Å². The fraction of sp³-hybridized carbons (Fsp3) is 0.214. The summed E-state index contributed by atoms with van der Waals surface area (Å²) in [5.41, 5.74) is 3.29. The minimum absolute atomic E-state index is 0.288. The van der Waals surface area contributed by atoms with Crippen LogP contribution in [-0.2, 0) is 9.59 Å². The van der Waals surface area contributed by atoms with Gasteiger partial charge in [0, 0.05) is 14.1 Å². The third kappa shape index (κ3) is 3.00. The highest BCUT2D eigenvalue weighted by Gasteiger charge is 2.48. The molecule has 0 aromatic carbocycles. The number of carbonyl (C=O) groups is 2. The summed E-state index contributed by atoms with van der Waals surface area (Å²) in [7, 11) is 3.27. The van der Waals surface area contributed by atoms with Crippen LogP contribution in [0, 0.1) is 27.7 Å². The topological polar surface area (TPSA) is 93.2 Å². The zero-order valence-electron chi connectivity index (χ0n) is 20.8. The van der Waals surface area contributed by atoms with Crippen molar-refractivity contribution in [1.29, 1.82) is 0 Å². The van der Waals surface area contributed by atoms with Crippen molar-refractivity contribution < 1.29 is 27.3 Å². The van der Waals surface area contributed by atoms with Crippen molar-refractivity contribution in [3.05, 3.63) is 81.7 Å². The number of nitrogens with zero attached hydrogens (tertiary/aromatic N) is 2. The quantitative estimate of drug-likeness (QED) is 0.369. The molecule has 0 aliphatic carbocycles. The molecule has 0 radical (unpaired) electrons. The first kappa shape index (κ1) is 22.0. The monoisotopic (exact) mass is 484 g/mol. The largest absolute Gasteiger partial charge is 0.458 e. The third-order valence-corrected chi connectivity index (χ3v) is 6.64. The number of aryl methyl sites for hydroxylation is 4. The number of hydrogen-bond donors (Lipinski definition) is 0. The standard InChI is InChI=1S/C28H24N2O6/c1-13-11-15(3)33-25(13)19-9-7-17(35-19)23-21-22(28(32)29(23)5)24(30(6)27(21)31)18-8-10-20(36-18)26-14(2)12-16(4)34-26/h7-12H,1-6H3. The lowest BCUT2D eigenvalue weighted by molar-refractivity contribution is -0.123. The number of rotatable bonds is 4. The van der Waals surface area contributed by atoms with Crippen molar-refractivity contribution in [1.82, 2.24) is 9.80 Å². The molecule has 2 aliphatic heterocycles. The molecule has 0 spiro atoms. The van der Waals surface area contributed by atoms with Gasteiger partial charge in [0.15, 0.2) is 34.6 Å². The summed E-state index contributed by atoms with van der Waals surface area (Å²) in [6.45, 7) is 7.61. The van der Waals surface area contributed by atoms with E-state index < -0.39 is 0 Å². The van der Waals surface area contributed by atoms with Gasteiger partial charge in [0.1, 0.15) is 22.9 Å². The van der Waals surface area contributed by atoms with Crippen LogP contribution in [0.4, 0.5) is 0 Å². The molecule has 182 valence electrons. The second-order valence-electron chi connectivity index (χ2n) is 9.24. The molecule has 0 saturated carbocycles. The van der Waals surface area contributed by atoms with Gasteiger partial charge in [-0.3, -0.25) is 9.59 Å². The number of furan rings is 4. The van der Waals surface area contributed by atoms with Crippen LogP contribution in [0.3, 0.4) is 0 Å². The minimum atomic E-state index is -0.307. The van der Waals surface area contributed by atoms with Gasteiger partial charge in [0.25, 0.3) is 11.8 Å². The Labute approximate surface area is 207 Å². The van der Waals surface area contributed by atoms with Gasteiger partial charge in [-0.1, -0.05) is 0 Å². The molecular weight excluding hydrogens is 460 g/mol. The van der Waals surface area contributed by atoms with E-state index in [4.69, 9.17) is 17.7 Å². The van der Waals surface area contributed by atoms with Crippen LogP contribution in [0.2, 0.25) is 0 Å². The van der Waals surface area contributed by atoms with Gasteiger partial charge >= 0.3 is 0 Å².